The Morgan fingerprint density at radius 2 is 1.70 bits per heavy atom. The van der Waals surface area contributed by atoms with Crippen LogP contribution in [-0.2, 0) is 4.74 Å². The Hall–Kier alpha value is -2.69. The van der Waals surface area contributed by atoms with Crippen molar-refractivity contribution in [3.05, 3.63) is 48.0 Å². The van der Waals surface area contributed by atoms with Crippen molar-refractivity contribution in [2.45, 2.75) is 0 Å². The lowest BCUT2D eigenvalue weighted by Gasteiger charge is -2.14. The van der Waals surface area contributed by atoms with Crippen LogP contribution in [0.4, 0.5) is 5.69 Å². The van der Waals surface area contributed by atoms with Crippen LogP contribution in [0, 0.1) is 0 Å². The van der Waals surface area contributed by atoms with Gasteiger partial charge in [-0.25, -0.2) is 4.79 Å². The van der Waals surface area contributed by atoms with E-state index < -0.39 is 5.97 Å². The Labute approximate surface area is 116 Å². The SMILES string of the molecule is COC(=O)c1cccc(N)c1Oc1ccccc1OC. The second-order valence-corrected chi connectivity index (χ2v) is 3.97. The molecule has 0 aliphatic heterocycles. The number of nitrogen functional groups attached to an aromatic ring is 1. The highest BCUT2D eigenvalue weighted by atomic mass is 16.5. The molecule has 0 amide bonds. The molecule has 0 aliphatic rings. The van der Waals surface area contributed by atoms with Crippen LogP contribution in [0.1, 0.15) is 10.4 Å². The van der Waals surface area contributed by atoms with E-state index in [2.05, 4.69) is 0 Å². The van der Waals surface area contributed by atoms with Crippen molar-refractivity contribution in [2.24, 2.45) is 0 Å². The molecule has 2 rings (SSSR count). The molecular formula is C15H15NO4. The summed E-state index contributed by atoms with van der Waals surface area (Å²) < 4.78 is 15.7. The van der Waals surface area contributed by atoms with Gasteiger partial charge >= 0.3 is 5.97 Å². The molecular weight excluding hydrogens is 258 g/mol. The Morgan fingerprint density at radius 3 is 2.35 bits per heavy atom. The van der Waals surface area contributed by atoms with E-state index in [1.54, 1.807) is 36.4 Å². The number of carbonyl (C=O) groups is 1. The van der Waals surface area contributed by atoms with Crippen molar-refractivity contribution in [1.82, 2.24) is 0 Å². The number of nitrogens with two attached hydrogens (primary N) is 1. The first kappa shape index (κ1) is 13.7. The lowest BCUT2D eigenvalue weighted by Crippen LogP contribution is -2.06. The predicted octanol–water partition coefficient (Wildman–Crippen LogP) is 2.86. The van der Waals surface area contributed by atoms with Gasteiger partial charge in [0.1, 0.15) is 5.56 Å². The second-order valence-electron chi connectivity index (χ2n) is 3.97. The third kappa shape index (κ3) is 2.66. The van der Waals surface area contributed by atoms with Gasteiger partial charge in [0.15, 0.2) is 17.2 Å². The van der Waals surface area contributed by atoms with Gasteiger partial charge in [0, 0.05) is 0 Å². The average molecular weight is 273 g/mol. The standard InChI is InChI=1S/C15H15NO4/c1-18-12-8-3-4-9-13(12)20-14-10(15(17)19-2)6-5-7-11(14)16/h3-9H,16H2,1-2H3. The fourth-order valence-corrected chi connectivity index (χ4v) is 1.75. The van der Waals surface area contributed by atoms with Crippen LogP contribution in [-0.4, -0.2) is 20.2 Å². The molecule has 2 aromatic rings. The lowest BCUT2D eigenvalue weighted by atomic mass is 10.1. The Balaban J connectivity index is 2.45. The number of methoxy groups -OCH3 is 2. The third-order valence-electron chi connectivity index (χ3n) is 2.73. The van der Waals surface area contributed by atoms with Crippen molar-refractivity contribution >= 4 is 11.7 Å². The molecule has 2 N–H and O–H groups in total. The number of esters is 1. The summed E-state index contributed by atoms with van der Waals surface area (Å²) in [7, 11) is 2.84. The molecule has 0 heterocycles. The van der Waals surface area contributed by atoms with Crippen molar-refractivity contribution in [1.29, 1.82) is 0 Å². The zero-order valence-electron chi connectivity index (χ0n) is 11.3. The van der Waals surface area contributed by atoms with Crippen molar-refractivity contribution in [3.63, 3.8) is 0 Å². The Bertz CT molecular complexity index is 625. The normalized spacial score (nSPS) is 9.90. The molecule has 20 heavy (non-hydrogen) atoms. The number of para-hydroxylation sites is 3. The maximum absolute atomic E-state index is 11.7. The largest absolute Gasteiger partial charge is 0.493 e. The van der Waals surface area contributed by atoms with Crippen LogP contribution >= 0.6 is 0 Å². The van der Waals surface area contributed by atoms with Gasteiger partial charge in [-0.2, -0.15) is 0 Å². The zero-order valence-corrected chi connectivity index (χ0v) is 11.3. The topological polar surface area (TPSA) is 70.8 Å². The zero-order chi connectivity index (χ0) is 14.5. The molecule has 0 aromatic heterocycles. The molecule has 0 radical (unpaired) electrons. The van der Waals surface area contributed by atoms with Crippen molar-refractivity contribution < 1.29 is 19.0 Å². The molecule has 0 spiro atoms. The predicted molar refractivity (Wildman–Crippen MR) is 75.3 cm³/mol. The minimum atomic E-state index is -0.512. The second kappa shape index (κ2) is 5.97. The molecule has 0 aliphatic carbocycles. The smallest absolute Gasteiger partial charge is 0.341 e. The highest BCUT2D eigenvalue weighted by Gasteiger charge is 2.17. The van der Waals surface area contributed by atoms with Crippen LogP contribution < -0.4 is 15.2 Å². The van der Waals surface area contributed by atoms with Crippen LogP contribution in [0.3, 0.4) is 0 Å². The lowest BCUT2D eigenvalue weighted by molar-refractivity contribution is 0.0598. The van der Waals surface area contributed by atoms with E-state index in [9.17, 15) is 4.79 Å². The number of benzene rings is 2. The van der Waals surface area contributed by atoms with Gasteiger partial charge in [-0.05, 0) is 24.3 Å². The summed E-state index contributed by atoms with van der Waals surface area (Å²) in [5.41, 5.74) is 6.49. The van der Waals surface area contributed by atoms with Crippen molar-refractivity contribution in [3.8, 4) is 17.2 Å². The van der Waals surface area contributed by atoms with Gasteiger partial charge in [-0.3, -0.25) is 0 Å². The molecule has 5 heteroatoms. The first-order valence-electron chi connectivity index (χ1n) is 5.95. The van der Waals surface area contributed by atoms with Gasteiger partial charge in [0.05, 0.1) is 19.9 Å². The Kier molecular flexibility index (Phi) is 4.10. The van der Waals surface area contributed by atoms with E-state index in [0.29, 0.717) is 17.2 Å². The monoisotopic (exact) mass is 273 g/mol. The number of ether oxygens (including phenoxy) is 3. The first-order valence-corrected chi connectivity index (χ1v) is 5.95. The molecule has 2 aromatic carbocycles. The maximum atomic E-state index is 11.7. The summed E-state index contributed by atoms with van der Waals surface area (Å²) in [4.78, 5) is 11.7. The number of hydrogen-bond acceptors (Lipinski definition) is 5. The van der Waals surface area contributed by atoms with Gasteiger partial charge < -0.3 is 19.9 Å². The fourth-order valence-electron chi connectivity index (χ4n) is 1.75. The van der Waals surface area contributed by atoms with E-state index in [0.717, 1.165) is 0 Å². The molecule has 104 valence electrons. The maximum Gasteiger partial charge on any atom is 0.341 e. The molecule has 0 unspecified atom stereocenters. The van der Waals surface area contributed by atoms with E-state index in [-0.39, 0.29) is 11.3 Å². The highest BCUT2D eigenvalue weighted by molar-refractivity contribution is 5.94. The summed E-state index contributed by atoms with van der Waals surface area (Å²) in [6.45, 7) is 0. The van der Waals surface area contributed by atoms with Gasteiger partial charge in [-0.15, -0.1) is 0 Å². The molecule has 0 saturated carbocycles. The van der Waals surface area contributed by atoms with E-state index in [1.165, 1.54) is 14.2 Å². The van der Waals surface area contributed by atoms with E-state index in [4.69, 9.17) is 19.9 Å². The fraction of sp³-hybridized carbons (Fsp3) is 0.133. The summed E-state index contributed by atoms with van der Waals surface area (Å²) in [5, 5.41) is 0. The van der Waals surface area contributed by atoms with Crippen molar-refractivity contribution in [2.75, 3.05) is 20.0 Å². The summed E-state index contributed by atoms with van der Waals surface area (Å²) in [6.07, 6.45) is 0. The molecule has 5 nitrogen and oxygen atoms in total. The van der Waals surface area contributed by atoms with E-state index in [1.807, 2.05) is 6.07 Å². The van der Waals surface area contributed by atoms with Gasteiger partial charge in [-0.1, -0.05) is 18.2 Å². The van der Waals surface area contributed by atoms with Crippen LogP contribution in [0.5, 0.6) is 17.2 Å². The molecule has 0 saturated heterocycles. The number of rotatable bonds is 4. The molecule has 0 bridgehead atoms. The van der Waals surface area contributed by atoms with Gasteiger partial charge in [0.25, 0.3) is 0 Å². The third-order valence-corrected chi connectivity index (χ3v) is 2.73. The van der Waals surface area contributed by atoms with E-state index >= 15 is 0 Å². The quantitative estimate of drug-likeness (QED) is 0.685. The van der Waals surface area contributed by atoms with Crippen LogP contribution in [0.15, 0.2) is 42.5 Å². The number of carbonyl (C=O) groups excluding carboxylic acids is 1. The Morgan fingerprint density at radius 1 is 1.00 bits per heavy atom. The highest BCUT2D eigenvalue weighted by Crippen LogP contribution is 2.36. The number of anilines is 1. The summed E-state index contributed by atoms with van der Waals surface area (Å²) >= 11 is 0. The van der Waals surface area contributed by atoms with Gasteiger partial charge in [0.2, 0.25) is 0 Å². The first-order chi connectivity index (χ1) is 9.67. The summed E-state index contributed by atoms with van der Waals surface area (Å²) in [6, 6.07) is 12.0. The minimum absolute atomic E-state index is 0.254. The molecule has 0 fully saturated rings. The minimum Gasteiger partial charge on any atom is -0.493 e. The number of hydrogen-bond donors (Lipinski definition) is 1. The average Bonchev–Trinajstić information content (AvgIpc) is 2.49. The molecule has 0 atom stereocenters. The van der Waals surface area contributed by atoms with Crippen LogP contribution in [0.25, 0.3) is 0 Å². The summed E-state index contributed by atoms with van der Waals surface area (Å²) in [5.74, 6) is 0.760. The van der Waals surface area contributed by atoms with Crippen LogP contribution in [0.2, 0.25) is 0 Å².